The first-order valence-electron chi connectivity index (χ1n) is 8.51. The second kappa shape index (κ2) is 9.44. The molecule has 2 unspecified atom stereocenters. The maximum absolute atomic E-state index is 11.4. The van der Waals surface area contributed by atoms with Gasteiger partial charge in [-0.25, -0.2) is 0 Å². The van der Waals surface area contributed by atoms with Crippen molar-refractivity contribution in [1.82, 2.24) is 15.1 Å². The van der Waals surface area contributed by atoms with Gasteiger partial charge in [0.15, 0.2) is 5.82 Å². The van der Waals surface area contributed by atoms with Crippen LogP contribution < -0.4 is 10.2 Å². The Bertz CT molecular complexity index is 662. The second-order valence-corrected chi connectivity index (χ2v) is 5.90. The van der Waals surface area contributed by atoms with Crippen molar-refractivity contribution in [3.8, 4) is 0 Å². The lowest BCUT2D eigenvalue weighted by Gasteiger charge is -2.15. The number of hydrogen-bond acceptors (Lipinski definition) is 4. The SMILES string of the molecule is CC.O=C(CCl)NC1CN(c2ccn(Cc3ccccc3)n2)CC1O. The van der Waals surface area contributed by atoms with E-state index in [0.717, 1.165) is 5.82 Å². The van der Waals surface area contributed by atoms with Gasteiger partial charge in [-0.05, 0) is 5.56 Å². The minimum absolute atomic E-state index is 0.102. The molecule has 2 aromatic rings. The molecule has 0 bridgehead atoms. The third kappa shape index (κ3) is 5.21. The molecule has 136 valence electrons. The first-order chi connectivity index (χ1) is 12.2. The Labute approximate surface area is 153 Å². The molecule has 2 N–H and O–H groups in total. The van der Waals surface area contributed by atoms with Crippen molar-refractivity contribution < 1.29 is 9.90 Å². The fraction of sp³-hybridized carbons (Fsp3) is 0.444. The third-order valence-electron chi connectivity index (χ3n) is 3.89. The molecular weight excluding hydrogens is 340 g/mol. The van der Waals surface area contributed by atoms with Gasteiger partial charge in [-0.3, -0.25) is 9.48 Å². The smallest absolute Gasteiger partial charge is 0.235 e. The molecule has 2 heterocycles. The average Bonchev–Trinajstić information content (AvgIpc) is 3.24. The summed E-state index contributed by atoms with van der Waals surface area (Å²) >= 11 is 5.49. The van der Waals surface area contributed by atoms with Gasteiger partial charge in [-0.15, -0.1) is 11.6 Å². The van der Waals surface area contributed by atoms with E-state index in [4.69, 9.17) is 11.6 Å². The second-order valence-electron chi connectivity index (χ2n) is 5.64. The van der Waals surface area contributed by atoms with E-state index in [1.807, 2.05) is 53.9 Å². The molecule has 0 aliphatic carbocycles. The van der Waals surface area contributed by atoms with Crippen LogP contribution in [0.3, 0.4) is 0 Å². The topological polar surface area (TPSA) is 70.4 Å². The monoisotopic (exact) mass is 364 g/mol. The Morgan fingerprint density at radius 2 is 2.00 bits per heavy atom. The Hall–Kier alpha value is -2.05. The van der Waals surface area contributed by atoms with Crippen LogP contribution in [0, 0.1) is 0 Å². The van der Waals surface area contributed by atoms with Crippen LogP contribution in [0.15, 0.2) is 42.6 Å². The number of aliphatic hydroxyl groups excluding tert-OH is 1. The number of anilines is 1. The predicted molar refractivity (Wildman–Crippen MR) is 100.0 cm³/mol. The number of halogens is 1. The molecule has 2 atom stereocenters. The summed E-state index contributed by atoms with van der Waals surface area (Å²) in [6, 6.07) is 11.7. The molecule has 3 rings (SSSR count). The van der Waals surface area contributed by atoms with Crippen LogP contribution in [-0.4, -0.2) is 51.9 Å². The molecule has 0 saturated carbocycles. The van der Waals surface area contributed by atoms with E-state index in [0.29, 0.717) is 19.6 Å². The van der Waals surface area contributed by atoms with Crippen LogP contribution in [0.5, 0.6) is 0 Å². The average molecular weight is 365 g/mol. The zero-order valence-corrected chi connectivity index (χ0v) is 15.4. The fourth-order valence-corrected chi connectivity index (χ4v) is 2.82. The van der Waals surface area contributed by atoms with Crippen LogP contribution in [0.25, 0.3) is 0 Å². The number of benzene rings is 1. The van der Waals surface area contributed by atoms with E-state index in [9.17, 15) is 9.90 Å². The number of alkyl halides is 1. The van der Waals surface area contributed by atoms with Crippen molar-refractivity contribution in [2.45, 2.75) is 32.5 Å². The van der Waals surface area contributed by atoms with Crippen molar-refractivity contribution in [2.75, 3.05) is 23.9 Å². The Balaban J connectivity index is 0.00000109. The first-order valence-corrected chi connectivity index (χ1v) is 9.05. The molecule has 0 spiro atoms. The summed E-state index contributed by atoms with van der Waals surface area (Å²) in [6.07, 6.45) is 1.29. The first kappa shape index (κ1) is 19.3. The number of carbonyl (C=O) groups excluding carboxylic acids is 1. The van der Waals surface area contributed by atoms with Crippen molar-refractivity contribution >= 4 is 23.3 Å². The number of β-amino-alcohol motifs (C(OH)–C–C–N with tert-alkyl or cyclic N) is 1. The van der Waals surface area contributed by atoms with Crippen LogP contribution in [0.2, 0.25) is 0 Å². The normalized spacial score (nSPS) is 19.3. The van der Waals surface area contributed by atoms with Crippen molar-refractivity contribution in [2.24, 2.45) is 0 Å². The summed E-state index contributed by atoms with van der Waals surface area (Å²) in [5.41, 5.74) is 1.18. The molecule has 1 aliphatic rings. The van der Waals surface area contributed by atoms with E-state index in [1.54, 1.807) is 0 Å². The minimum atomic E-state index is -0.624. The Kier molecular flexibility index (Phi) is 7.28. The zero-order chi connectivity index (χ0) is 18.2. The highest BCUT2D eigenvalue weighted by atomic mass is 35.5. The lowest BCUT2D eigenvalue weighted by atomic mass is 10.2. The molecule has 0 radical (unpaired) electrons. The number of aromatic nitrogens is 2. The number of nitrogens with zero attached hydrogens (tertiary/aromatic N) is 3. The van der Waals surface area contributed by atoms with Gasteiger partial charge in [-0.1, -0.05) is 44.2 Å². The van der Waals surface area contributed by atoms with Crippen LogP contribution in [0.1, 0.15) is 19.4 Å². The molecule has 1 amide bonds. The molecule has 1 aliphatic heterocycles. The number of amides is 1. The summed E-state index contributed by atoms with van der Waals surface area (Å²) < 4.78 is 1.86. The van der Waals surface area contributed by atoms with Gasteiger partial charge in [0.25, 0.3) is 0 Å². The van der Waals surface area contributed by atoms with Gasteiger partial charge in [0.1, 0.15) is 5.88 Å². The number of aliphatic hydroxyl groups is 1. The Morgan fingerprint density at radius 1 is 1.28 bits per heavy atom. The quantitative estimate of drug-likeness (QED) is 0.794. The standard InChI is InChI=1S/C16H19ClN4O2.C2H6/c17-8-16(23)18-13-10-20(11-14(13)22)15-6-7-21(19-15)9-12-4-2-1-3-5-12;1-2/h1-7,13-14,22H,8-11H2,(H,18,23);1-2H3. The van der Waals surface area contributed by atoms with Gasteiger partial charge in [0.2, 0.25) is 5.91 Å². The summed E-state index contributed by atoms with van der Waals surface area (Å²) in [4.78, 5) is 13.3. The molecule has 1 aromatic heterocycles. The van der Waals surface area contributed by atoms with E-state index in [-0.39, 0.29) is 17.8 Å². The highest BCUT2D eigenvalue weighted by Gasteiger charge is 2.33. The van der Waals surface area contributed by atoms with Gasteiger partial charge in [-0.2, -0.15) is 5.10 Å². The predicted octanol–water partition coefficient (Wildman–Crippen LogP) is 1.86. The number of hydrogen-bond donors (Lipinski definition) is 2. The van der Waals surface area contributed by atoms with Crippen molar-refractivity contribution in [3.63, 3.8) is 0 Å². The lowest BCUT2D eigenvalue weighted by molar-refractivity contribution is -0.119. The van der Waals surface area contributed by atoms with Crippen LogP contribution >= 0.6 is 11.6 Å². The zero-order valence-electron chi connectivity index (χ0n) is 14.6. The highest BCUT2D eigenvalue weighted by Crippen LogP contribution is 2.19. The summed E-state index contributed by atoms with van der Waals surface area (Å²) in [6.45, 7) is 5.66. The molecule has 1 aromatic carbocycles. The number of rotatable bonds is 5. The minimum Gasteiger partial charge on any atom is -0.389 e. The molecule has 1 fully saturated rings. The fourth-order valence-electron chi connectivity index (χ4n) is 2.74. The summed E-state index contributed by atoms with van der Waals surface area (Å²) in [7, 11) is 0. The van der Waals surface area contributed by atoms with Crippen molar-refractivity contribution in [1.29, 1.82) is 0 Å². The van der Waals surface area contributed by atoms with Crippen LogP contribution in [0.4, 0.5) is 5.82 Å². The van der Waals surface area contributed by atoms with Crippen molar-refractivity contribution in [3.05, 3.63) is 48.2 Å². The maximum atomic E-state index is 11.4. The van der Waals surface area contributed by atoms with Gasteiger partial charge >= 0.3 is 0 Å². The lowest BCUT2D eigenvalue weighted by Crippen LogP contribution is -2.43. The van der Waals surface area contributed by atoms with Gasteiger partial charge < -0.3 is 15.3 Å². The van der Waals surface area contributed by atoms with Gasteiger partial charge in [0, 0.05) is 25.4 Å². The highest BCUT2D eigenvalue weighted by molar-refractivity contribution is 6.27. The molecule has 7 heteroatoms. The van der Waals surface area contributed by atoms with E-state index in [1.165, 1.54) is 5.56 Å². The molecule has 1 saturated heterocycles. The Morgan fingerprint density at radius 3 is 2.68 bits per heavy atom. The number of carbonyl (C=O) groups is 1. The largest absolute Gasteiger partial charge is 0.389 e. The number of nitrogens with one attached hydrogen (secondary N) is 1. The van der Waals surface area contributed by atoms with E-state index >= 15 is 0 Å². The van der Waals surface area contributed by atoms with Gasteiger partial charge in [0.05, 0.1) is 18.7 Å². The molecule has 6 nitrogen and oxygen atoms in total. The summed E-state index contributed by atoms with van der Waals surface area (Å²) in [5, 5.41) is 17.3. The third-order valence-corrected chi connectivity index (χ3v) is 4.14. The van der Waals surface area contributed by atoms with Crippen LogP contribution in [-0.2, 0) is 11.3 Å². The molecule has 25 heavy (non-hydrogen) atoms. The van der Waals surface area contributed by atoms with E-state index in [2.05, 4.69) is 22.5 Å². The maximum Gasteiger partial charge on any atom is 0.235 e. The summed E-state index contributed by atoms with van der Waals surface area (Å²) in [5.74, 6) is 0.421. The van der Waals surface area contributed by atoms with E-state index < -0.39 is 6.10 Å². The molecular formula is C18H25ClN4O2.